The third kappa shape index (κ3) is 5.44. The number of aryl methyl sites for hydroxylation is 1. The van der Waals surface area contributed by atoms with Gasteiger partial charge in [0.05, 0.1) is 5.54 Å². The van der Waals surface area contributed by atoms with E-state index in [9.17, 15) is 4.79 Å². The Bertz CT molecular complexity index is 866. The number of nitrogens with one attached hydrogen (secondary N) is 1. The van der Waals surface area contributed by atoms with Crippen LogP contribution in [0.2, 0.25) is 0 Å². The molecule has 2 heterocycles. The van der Waals surface area contributed by atoms with Gasteiger partial charge >= 0.3 is 6.03 Å². The van der Waals surface area contributed by atoms with E-state index in [1.54, 1.807) is 6.92 Å². The highest BCUT2D eigenvalue weighted by atomic mass is 16.4. The minimum Gasteiger partial charge on any atom is -0.426 e. The van der Waals surface area contributed by atoms with Crippen molar-refractivity contribution in [3.63, 3.8) is 0 Å². The molecule has 1 saturated heterocycles. The molecule has 0 unspecified atom stereocenters. The molecule has 7 nitrogen and oxygen atoms in total. The SMILES string of the molecule is C=C(C)c1cccc(C(C)(C)NC(=O)N2CCN(CCc3nnc(C)o3)CC2)c1. The van der Waals surface area contributed by atoms with Crippen LogP contribution in [-0.4, -0.2) is 58.8 Å². The minimum atomic E-state index is -0.463. The van der Waals surface area contributed by atoms with Crippen molar-refractivity contribution in [1.29, 1.82) is 0 Å². The Labute approximate surface area is 172 Å². The molecule has 1 fully saturated rings. The molecule has 0 bridgehead atoms. The zero-order valence-corrected chi connectivity index (χ0v) is 17.9. The fourth-order valence-corrected chi connectivity index (χ4v) is 3.46. The van der Waals surface area contributed by atoms with E-state index in [2.05, 4.69) is 33.1 Å². The number of benzene rings is 1. The van der Waals surface area contributed by atoms with Crippen LogP contribution < -0.4 is 5.32 Å². The maximum atomic E-state index is 12.8. The highest BCUT2D eigenvalue weighted by molar-refractivity contribution is 5.75. The van der Waals surface area contributed by atoms with E-state index in [-0.39, 0.29) is 6.03 Å². The second-order valence-electron chi connectivity index (χ2n) is 8.21. The van der Waals surface area contributed by atoms with E-state index in [0.717, 1.165) is 42.8 Å². The fraction of sp³-hybridized carbons (Fsp3) is 0.500. The van der Waals surface area contributed by atoms with Crippen LogP contribution in [0.15, 0.2) is 35.3 Å². The molecule has 0 atom stereocenters. The molecule has 1 aliphatic heterocycles. The zero-order valence-electron chi connectivity index (χ0n) is 17.9. The Morgan fingerprint density at radius 2 is 1.97 bits per heavy atom. The molecule has 1 aromatic heterocycles. The Kier molecular flexibility index (Phi) is 6.37. The van der Waals surface area contributed by atoms with Gasteiger partial charge in [0.15, 0.2) is 0 Å². The van der Waals surface area contributed by atoms with Crippen LogP contribution in [0.1, 0.15) is 43.7 Å². The van der Waals surface area contributed by atoms with Crippen LogP contribution in [0.3, 0.4) is 0 Å². The lowest BCUT2D eigenvalue weighted by Crippen LogP contribution is -2.55. The maximum absolute atomic E-state index is 12.8. The molecule has 1 aromatic carbocycles. The first-order valence-corrected chi connectivity index (χ1v) is 10.1. The number of carbonyl (C=O) groups is 1. The molecule has 156 valence electrons. The number of hydrogen-bond donors (Lipinski definition) is 1. The van der Waals surface area contributed by atoms with Gasteiger partial charge in [0.1, 0.15) is 0 Å². The van der Waals surface area contributed by atoms with Crippen molar-refractivity contribution in [2.75, 3.05) is 32.7 Å². The molecule has 3 rings (SSSR count). The monoisotopic (exact) mass is 397 g/mol. The summed E-state index contributed by atoms with van der Waals surface area (Å²) in [5.41, 5.74) is 2.71. The van der Waals surface area contributed by atoms with Gasteiger partial charge in [-0.05, 0) is 38.0 Å². The smallest absolute Gasteiger partial charge is 0.318 e. The average molecular weight is 398 g/mol. The van der Waals surface area contributed by atoms with Crippen molar-refractivity contribution in [1.82, 2.24) is 25.3 Å². The summed E-state index contributed by atoms with van der Waals surface area (Å²) in [6, 6.07) is 8.17. The summed E-state index contributed by atoms with van der Waals surface area (Å²) in [7, 11) is 0. The number of carbonyl (C=O) groups excluding carboxylic acids is 1. The second-order valence-corrected chi connectivity index (χ2v) is 8.21. The average Bonchev–Trinajstić information content (AvgIpc) is 3.11. The van der Waals surface area contributed by atoms with Gasteiger partial charge in [0.2, 0.25) is 11.8 Å². The number of piperazine rings is 1. The van der Waals surface area contributed by atoms with Gasteiger partial charge in [-0.1, -0.05) is 30.4 Å². The van der Waals surface area contributed by atoms with Crippen LogP contribution in [0.25, 0.3) is 5.57 Å². The van der Waals surface area contributed by atoms with E-state index in [1.165, 1.54) is 0 Å². The Balaban J connectivity index is 1.51. The van der Waals surface area contributed by atoms with E-state index in [0.29, 0.717) is 24.9 Å². The normalized spacial score (nSPS) is 15.4. The lowest BCUT2D eigenvalue weighted by Gasteiger charge is -2.37. The Hall–Kier alpha value is -2.67. The predicted octanol–water partition coefficient (Wildman–Crippen LogP) is 3.22. The lowest BCUT2D eigenvalue weighted by molar-refractivity contribution is 0.133. The first kappa shape index (κ1) is 21.0. The number of allylic oxidation sites excluding steroid dienone is 1. The van der Waals surface area contributed by atoms with Gasteiger partial charge in [0.25, 0.3) is 0 Å². The number of rotatable bonds is 6. The molecular weight excluding hydrogens is 366 g/mol. The molecule has 0 saturated carbocycles. The highest BCUT2D eigenvalue weighted by Gasteiger charge is 2.28. The van der Waals surface area contributed by atoms with Crippen molar-refractivity contribution in [3.05, 3.63) is 53.8 Å². The molecule has 0 radical (unpaired) electrons. The fourth-order valence-electron chi connectivity index (χ4n) is 3.46. The summed E-state index contributed by atoms with van der Waals surface area (Å²) < 4.78 is 5.43. The topological polar surface area (TPSA) is 74.5 Å². The number of urea groups is 1. The lowest BCUT2D eigenvalue weighted by atomic mass is 9.92. The van der Waals surface area contributed by atoms with Crippen LogP contribution in [-0.2, 0) is 12.0 Å². The van der Waals surface area contributed by atoms with Gasteiger partial charge in [-0.3, -0.25) is 4.90 Å². The number of aromatic nitrogens is 2. The molecule has 0 aliphatic carbocycles. The van der Waals surface area contributed by atoms with Crippen LogP contribution >= 0.6 is 0 Å². The summed E-state index contributed by atoms with van der Waals surface area (Å²) >= 11 is 0. The zero-order chi connectivity index (χ0) is 21.0. The Morgan fingerprint density at radius 1 is 1.24 bits per heavy atom. The van der Waals surface area contributed by atoms with Crippen molar-refractivity contribution in [3.8, 4) is 0 Å². The third-order valence-corrected chi connectivity index (χ3v) is 5.37. The highest BCUT2D eigenvalue weighted by Crippen LogP contribution is 2.24. The molecule has 2 aromatic rings. The van der Waals surface area contributed by atoms with Crippen LogP contribution in [0, 0.1) is 6.92 Å². The van der Waals surface area contributed by atoms with E-state index in [4.69, 9.17) is 4.42 Å². The summed E-state index contributed by atoms with van der Waals surface area (Å²) in [6.07, 6.45) is 0.735. The van der Waals surface area contributed by atoms with E-state index < -0.39 is 5.54 Å². The van der Waals surface area contributed by atoms with Gasteiger partial charge in [-0.25, -0.2) is 4.79 Å². The number of amides is 2. The van der Waals surface area contributed by atoms with E-state index in [1.807, 2.05) is 43.9 Å². The summed E-state index contributed by atoms with van der Waals surface area (Å²) in [5, 5.41) is 11.1. The second kappa shape index (κ2) is 8.78. The van der Waals surface area contributed by atoms with E-state index >= 15 is 0 Å². The molecule has 1 aliphatic rings. The number of hydrogen-bond acceptors (Lipinski definition) is 5. The van der Waals surface area contributed by atoms with Gasteiger partial charge in [-0.2, -0.15) is 0 Å². The van der Waals surface area contributed by atoms with Gasteiger partial charge < -0.3 is 14.6 Å². The number of nitrogens with zero attached hydrogens (tertiary/aromatic N) is 4. The van der Waals surface area contributed by atoms with Crippen LogP contribution in [0.5, 0.6) is 0 Å². The molecule has 29 heavy (non-hydrogen) atoms. The van der Waals surface area contributed by atoms with Crippen molar-refractivity contribution >= 4 is 11.6 Å². The largest absolute Gasteiger partial charge is 0.426 e. The van der Waals surface area contributed by atoms with Crippen LogP contribution in [0.4, 0.5) is 4.79 Å². The first-order chi connectivity index (χ1) is 13.7. The summed E-state index contributed by atoms with van der Waals surface area (Å²) in [5.74, 6) is 1.26. The van der Waals surface area contributed by atoms with Gasteiger partial charge in [-0.15, -0.1) is 10.2 Å². The molecule has 1 N–H and O–H groups in total. The van der Waals surface area contributed by atoms with Crippen molar-refractivity contribution in [2.45, 2.75) is 39.7 Å². The third-order valence-electron chi connectivity index (χ3n) is 5.37. The minimum absolute atomic E-state index is 0.0251. The molecule has 7 heteroatoms. The molecule has 2 amide bonds. The predicted molar refractivity (Wildman–Crippen MR) is 113 cm³/mol. The molecular formula is C22H31N5O2. The van der Waals surface area contributed by atoms with Gasteiger partial charge in [0, 0.05) is 46.1 Å². The molecule has 0 spiro atoms. The van der Waals surface area contributed by atoms with Crippen molar-refractivity contribution < 1.29 is 9.21 Å². The Morgan fingerprint density at radius 3 is 2.59 bits per heavy atom. The first-order valence-electron chi connectivity index (χ1n) is 10.1. The summed E-state index contributed by atoms with van der Waals surface area (Å²) in [6.45, 7) is 15.8. The van der Waals surface area contributed by atoms with Crippen molar-refractivity contribution in [2.24, 2.45) is 0 Å². The maximum Gasteiger partial charge on any atom is 0.318 e. The summed E-state index contributed by atoms with van der Waals surface area (Å²) in [4.78, 5) is 17.1. The quantitative estimate of drug-likeness (QED) is 0.810. The standard InChI is InChI=1S/C22H31N5O2/c1-16(2)18-7-6-8-19(15-18)22(4,5)23-21(28)27-13-11-26(12-14-27)10-9-20-25-24-17(3)29-20/h6-8,15H,1,9-14H2,2-5H3,(H,23,28).